The summed E-state index contributed by atoms with van der Waals surface area (Å²) in [5, 5.41) is 10.4. The zero-order chi connectivity index (χ0) is 18.0. The van der Waals surface area contributed by atoms with E-state index in [4.69, 9.17) is 4.74 Å². The van der Waals surface area contributed by atoms with Gasteiger partial charge in [0.2, 0.25) is 0 Å². The van der Waals surface area contributed by atoms with E-state index in [1.54, 1.807) is 11.6 Å². The zero-order valence-electron chi connectivity index (χ0n) is 15.5. The number of nitrogens with zero attached hydrogens (tertiary/aromatic N) is 1. The number of rotatable bonds is 2. The molecule has 3 heterocycles. The lowest BCUT2D eigenvalue weighted by Gasteiger charge is -2.38. The van der Waals surface area contributed by atoms with Crippen LogP contribution >= 0.6 is 0 Å². The SMILES string of the molecule is Oc1cccc2c1Oc1ccccc1C2=C1CC2CCC(C1)N2CC1CC1. The third kappa shape index (κ3) is 2.52. The lowest BCUT2D eigenvalue weighted by Crippen LogP contribution is -2.42. The van der Waals surface area contributed by atoms with E-state index in [2.05, 4.69) is 23.1 Å². The molecular weight excluding hydrogens is 334 g/mol. The molecule has 4 aliphatic rings. The van der Waals surface area contributed by atoms with Gasteiger partial charge in [0.25, 0.3) is 0 Å². The Morgan fingerprint density at radius 2 is 1.63 bits per heavy atom. The van der Waals surface area contributed by atoms with Gasteiger partial charge in [-0.05, 0) is 62.1 Å². The number of aromatic hydroxyl groups is 1. The van der Waals surface area contributed by atoms with Gasteiger partial charge in [-0.2, -0.15) is 0 Å². The van der Waals surface area contributed by atoms with Crippen molar-refractivity contribution in [3.05, 3.63) is 59.2 Å². The Morgan fingerprint density at radius 1 is 0.889 bits per heavy atom. The Labute approximate surface area is 160 Å². The van der Waals surface area contributed by atoms with Crippen LogP contribution in [0, 0.1) is 5.92 Å². The van der Waals surface area contributed by atoms with Gasteiger partial charge in [0, 0.05) is 29.8 Å². The first kappa shape index (κ1) is 15.8. The zero-order valence-corrected chi connectivity index (χ0v) is 15.5. The third-order valence-corrected chi connectivity index (χ3v) is 6.89. The van der Waals surface area contributed by atoms with E-state index in [0.717, 1.165) is 30.1 Å². The number of para-hydroxylation sites is 2. The summed E-state index contributed by atoms with van der Waals surface area (Å²) in [7, 11) is 0. The lowest BCUT2D eigenvalue weighted by atomic mass is 9.84. The number of fused-ring (bicyclic) bond motifs is 4. The molecule has 6 rings (SSSR count). The molecular formula is C24H25NO2. The van der Waals surface area contributed by atoms with Crippen LogP contribution < -0.4 is 4.74 Å². The first-order valence-electron chi connectivity index (χ1n) is 10.4. The first-order valence-corrected chi connectivity index (χ1v) is 10.4. The maximum absolute atomic E-state index is 10.4. The molecule has 3 aliphatic heterocycles. The van der Waals surface area contributed by atoms with Crippen molar-refractivity contribution in [2.45, 2.75) is 50.6 Å². The molecule has 2 aromatic carbocycles. The first-order chi connectivity index (χ1) is 13.3. The Hall–Kier alpha value is -2.26. The Kier molecular flexibility index (Phi) is 3.43. The lowest BCUT2D eigenvalue weighted by molar-refractivity contribution is 0.159. The summed E-state index contributed by atoms with van der Waals surface area (Å²) >= 11 is 0. The topological polar surface area (TPSA) is 32.7 Å². The van der Waals surface area contributed by atoms with E-state index in [1.165, 1.54) is 43.4 Å². The van der Waals surface area contributed by atoms with E-state index in [9.17, 15) is 5.11 Å². The number of hydrogen-bond donors (Lipinski definition) is 1. The Balaban J connectivity index is 1.47. The molecule has 2 aromatic rings. The molecule has 2 atom stereocenters. The van der Waals surface area contributed by atoms with Crippen molar-refractivity contribution in [1.82, 2.24) is 4.90 Å². The molecule has 1 N–H and O–H groups in total. The van der Waals surface area contributed by atoms with Gasteiger partial charge in [-0.1, -0.05) is 35.9 Å². The maximum atomic E-state index is 10.4. The fraction of sp³-hybridized carbons (Fsp3) is 0.417. The molecule has 2 saturated heterocycles. The van der Waals surface area contributed by atoms with Crippen molar-refractivity contribution in [3.8, 4) is 17.2 Å². The van der Waals surface area contributed by atoms with Gasteiger partial charge < -0.3 is 9.84 Å². The highest BCUT2D eigenvalue weighted by atomic mass is 16.5. The third-order valence-electron chi connectivity index (χ3n) is 6.89. The minimum absolute atomic E-state index is 0.231. The second-order valence-electron chi connectivity index (χ2n) is 8.66. The van der Waals surface area contributed by atoms with Crippen molar-refractivity contribution in [1.29, 1.82) is 0 Å². The van der Waals surface area contributed by atoms with E-state index >= 15 is 0 Å². The van der Waals surface area contributed by atoms with Crippen LogP contribution in [-0.2, 0) is 0 Å². The number of phenols is 1. The molecule has 3 fully saturated rings. The quantitative estimate of drug-likeness (QED) is 0.671. The Morgan fingerprint density at radius 3 is 2.41 bits per heavy atom. The van der Waals surface area contributed by atoms with Crippen LogP contribution in [0.3, 0.4) is 0 Å². The van der Waals surface area contributed by atoms with E-state index in [-0.39, 0.29) is 5.75 Å². The number of benzene rings is 2. The van der Waals surface area contributed by atoms with Crippen LogP contribution in [0.2, 0.25) is 0 Å². The standard InChI is InChI=1S/C24H25NO2/c26-21-6-3-5-20-23(19-4-1-2-7-22(19)27-24(20)21)16-12-17-10-11-18(13-16)25(17)14-15-8-9-15/h1-7,15,17-18,26H,8-14H2. The molecule has 138 valence electrons. The van der Waals surface area contributed by atoms with Crippen LogP contribution in [0.4, 0.5) is 0 Å². The van der Waals surface area contributed by atoms with Crippen LogP contribution in [0.25, 0.3) is 5.57 Å². The van der Waals surface area contributed by atoms with Gasteiger partial charge >= 0.3 is 0 Å². The predicted molar refractivity (Wildman–Crippen MR) is 106 cm³/mol. The van der Waals surface area contributed by atoms with Gasteiger partial charge in [0.1, 0.15) is 5.75 Å². The molecule has 1 aliphatic carbocycles. The molecule has 0 spiro atoms. The van der Waals surface area contributed by atoms with Crippen LogP contribution in [-0.4, -0.2) is 28.6 Å². The van der Waals surface area contributed by atoms with Crippen molar-refractivity contribution in [2.75, 3.05) is 6.54 Å². The van der Waals surface area contributed by atoms with E-state index < -0.39 is 0 Å². The summed E-state index contributed by atoms with van der Waals surface area (Å²) < 4.78 is 6.09. The van der Waals surface area contributed by atoms with Gasteiger partial charge in [0.05, 0.1) is 0 Å². The number of ether oxygens (including phenoxy) is 1. The second kappa shape index (κ2) is 5.87. The molecule has 1 saturated carbocycles. The molecule has 2 bridgehead atoms. The van der Waals surface area contributed by atoms with Gasteiger partial charge in [-0.25, -0.2) is 0 Å². The molecule has 3 nitrogen and oxygen atoms in total. The van der Waals surface area contributed by atoms with Gasteiger partial charge in [-0.3, -0.25) is 4.90 Å². The van der Waals surface area contributed by atoms with Crippen molar-refractivity contribution in [3.63, 3.8) is 0 Å². The highest BCUT2D eigenvalue weighted by Crippen LogP contribution is 2.52. The van der Waals surface area contributed by atoms with Crippen LogP contribution in [0.15, 0.2) is 48.0 Å². The molecule has 3 heteroatoms. The summed E-state index contributed by atoms with van der Waals surface area (Å²) in [5.41, 5.74) is 5.10. The smallest absolute Gasteiger partial charge is 0.176 e. The summed E-state index contributed by atoms with van der Waals surface area (Å²) in [6.45, 7) is 1.31. The van der Waals surface area contributed by atoms with Crippen LogP contribution in [0.5, 0.6) is 17.2 Å². The number of hydrogen-bond acceptors (Lipinski definition) is 3. The second-order valence-corrected chi connectivity index (χ2v) is 8.66. The largest absolute Gasteiger partial charge is 0.504 e. The summed E-state index contributed by atoms with van der Waals surface area (Å²) in [5.74, 6) is 2.67. The fourth-order valence-corrected chi connectivity index (χ4v) is 5.43. The molecule has 2 unspecified atom stereocenters. The van der Waals surface area contributed by atoms with Crippen molar-refractivity contribution >= 4 is 5.57 Å². The normalized spacial score (nSPS) is 26.5. The van der Waals surface area contributed by atoms with Crippen molar-refractivity contribution < 1.29 is 9.84 Å². The Bertz CT molecular complexity index is 927. The van der Waals surface area contributed by atoms with Gasteiger partial charge in [0.15, 0.2) is 11.5 Å². The minimum atomic E-state index is 0.231. The molecule has 27 heavy (non-hydrogen) atoms. The molecule has 0 amide bonds. The maximum Gasteiger partial charge on any atom is 0.176 e. The monoisotopic (exact) mass is 359 g/mol. The minimum Gasteiger partial charge on any atom is -0.504 e. The van der Waals surface area contributed by atoms with E-state index in [0.29, 0.717) is 17.8 Å². The van der Waals surface area contributed by atoms with Crippen LogP contribution in [0.1, 0.15) is 49.7 Å². The highest BCUT2D eigenvalue weighted by molar-refractivity contribution is 5.91. The van der Waals surface area contributed by atoms with E-state index in [1.807, 2.05) is 18.2 Å². The average molecular weight is 359 g/mol. The molecule has 0 radical (unpaired) electrons. The van der Waals surface area contributed by atoms with Crippen molar-refractivity contribution in [2.24, 2.45) is 5.92 Å². The summed E-state index contributed by atoms with van der Waals surface area (Å²) in [4.78, 5) is 2.82. The number of piperidine rings is 1. The predicted octanol–water partition coefficient (Wildman–Crippen LogP) is 5.34. The summed E-state index contributed by atoms with van der Waals surface area (Å²) in [6, 6.07) is 15.4. The van der Waals surface area contributed by atoms with Gasteiger partial charge in [-0.15, -0.1) is 0 Å². The summed E-state index contributed by atoms with van der Waals surface area (Å²) in [6.07, 6.45) is 7.84. The average Bonchev–Trinajstić information content (AvgIpc) is 3.46. The highest BCUT2D eigenvalue weighted by Gasteiger charge is 2.42. The number of phenolic OH excluding ortho intramolecular Hbond substituents is 1. The fourth-order valence-electron chi connectivity index (χ4n) is 5.43. The molecule has 0 aromatic heterocycles.